The molecule has 0 heterocycles. The van der Waals surface area contributed by atoms with Crippen molar-refractivity contribution in [3.8, 4) is 5.75 Å². The second kappa shape index (κ2) is 15.3. The maximum atomic E-state index is 9.16. The van der Waals surface area contributed by atoms with Crippen molar-refractivity contribution in [1.82, 2.24) is 10.6 Å². The van der Waals surface area contributed by atoms with Gasteiger partial charge in [0.05, 0.1) is 11.6 Å². The Morgan fingerprint density at radius 2 is 1.96 bits per heavy atom. The van der Waals surface area contributed by atoms with E-state index >= 15 is 0 Å². The molecule has 0 aliphatic rings. The van der Waals surface area contributed by atoms with Gasteiger partial charge >= 0.3 is 0 Å². The molecule has 3 N–H and O–H groups in total. The quantitative estimate of drug-likeness (QED) is 0.245. The van der Waals surface area contributed by atoms with Gasteiger partial charge in [0.1, 0.15) is 11.9 Å². The molecule has 0 saturated heterocycles. The Kier molecular flexibility index (Phi) is 14.9. The summed E-state index contributed by atoms with van der Waals surface area (Å²) in [6.07, 6.45) is 2.93. The fourth-order valence-corrected chi connectivity index (χ4v) is 2.70. The predicted molar refractivity (Wildman–Crippen MR) is 121 cm³/mol. The van der Waals surface area contributed by atoms with Crippen LogP contribution in [0, 0.1) is 5.92 Å². The molecule has 150 valence electrons. The molecule has 0 aromatic heterocycles. The lowest BCUT2D eigenvalue weighted by Gasteiger charge is -2.19. The Morgan fingerprint density at radius 1 is 1.23 bits per heavy atom. The van der Waals surface area contributed by atoms with Crippen molar-refractivity contribution in [2.24, 2.45) is 10.9 Å². The van der Waals surface area contributed by atoms with Crippen LogP contribution in [-0.2, 0) is 0 Å². The first-order valence-corrected chi connectivity index (χ1v) is 9.52. The smallest absolute Gasteiger partial charge is 0.191 e. The van der Waals surface area contributed by atoms with Gasteiger partial charge in [-0.1, -0.05) is 37.1 Å². The number of rotatable bonds is 11. The monoisotopic (exact) mass is 497 g/mol. The summed E-state index contributed by atoms with van der Waals surface area (Å²) in [5.74, 6) is 1.88. The molecule has 0 spiro atoms. The lowest BCUT2D eigenvalue weighted by molar-refractivity contribution is 0.224. The van der Waals surface area contributed by atoms with Crippen LogP contribution in [0.4, 0.5) is 0 Å². The molecule has 26 heavy (non-hydrogen) atoms. The summed E-state index contributed by atoms with van der Waals surface area (Å²) >= 11 is 6.12. The summed E-state index contributed by atoms with van der Waals surface area (Å²) in [4.78, 5) is 4.65. The van der Waals surface area contributed by atoms with E-state index in [0.717, 1.165) is 31.8 Å². The highest BCUT2D eigenvalue weighted by Gasteiger charge is 2.10. The Bertz CT molecular complexity index is 511. The molecule has 1 rings (SSSR count). The van der Waals surface area contributed by atoms with E-state index in [4.69, 9.17) is 21.4 Å². The molecule has 0 aliphatic carbocycles. The lowest BCUT2D eigenvalue weighted by Crippen LogP contribution is -2.42. The standard InChI is InChI=1S/C19H32ClN3O2.HI/c1-4-8-16(11-12-24)14-23-19(21-5-2)22-13-15(3)25-18-10-7-6-9-17(18)20;/h6-7,9-10,15-16,24H,4-5,8,11-14H2,1-3H3,(H2,21,22,23);1H. The minimum Gasteiger partial charge on any atom is -0.487 e. The molecular weight excluding hydrogens is 465 g/mol. The van der Waals surface area contributed by atoms with Crippen molar-refractivity contribution < 1.29 is 9.84 Å². The highest BCUT2D eigenvalue weighted by atomic mass is 127. The molecule has 2 atom stereocenters. The summed E-state index contributed by atoms with van der Waals surface area (Å²) < 4.78 is 5.87. The second-order valence-corrected chi connectivity index (χ2v) is 6.53. The Labute approximate surface area is 180 Å². The van der Waals surface area contributed by atoms with Crippen molar-refractivity contribution in [1.29, 1.82) is 0 Å². The number of ether oxygens (including phenoxy) is 1. The molecular formula is C19H33ClIN3O2. The predicted octanol–water partition coefficient (Wildman–Crippen LogP) is 4.08. The van der Waals surface area contributed by atoms with Crippen molar-refractivity contribution in [2.75, 3.05) is 26.2 Å². The van der Waals surface area contributed by atoms with Crippen LogP contribution in [0.15, 0.2) is 29.3 Å². The van der Waals surface area contributed by atoms with Gasteiger partial charge in [0, 0.05) is 19.7 Å². The van der Waals surface area contributed by atoms with Gasteiger partial charge in [-0.3, -0.25) is 4.99 Å². The van der Waals surface area contributed by atoms with Gasteiger partial charge in [0.25, 0.3) is 0 Å². The molecule has 2 unspecified atom stereocenters. The van der Waals surface area contributed by atoms with Crippen LogP contribution in [-0.4, -0.2) is 43.4 Å². The van der Waals surface area contributed by atoms with Gasteiger partial charge in [-0.05, 0) is 44.7 Å². The summed E-state index contributed by atoms with van der Waals surface area (Å²) in [6.45, 7) is 8.53. The molecule has 1 aromatic carbocycles. The van der Waals surface area contributed by atoms with Gasteiger partial charge in [-0.2, -0.15) is 0 Å². The minimum absolute atomic E-state index is 0. The Balaban J connectivity index is 0.00000625. The van der Waals surface area contributed by atoms with Crippen LogP contribution in [0.5, 0.6) is 5.75 Å². The molecule has 1 aromatic rings. The number of aliphatic imine (C=N–C) groups is 1. The number of nitrogens with one attached hydrogen (secondary N) is 2. The van der Waals surface area contributed by atoms with Crippen LogP contribution in [0.1, 0.15) is 40.0 Å². The van der Waals surface area contributed by atoms with Gasteiger partial charge in [-0.15, -0.1) is 24.0 Å². The molecule has 0 fully saturated rings. The van der Waals surface area contributed by atoms with E-state index in [0.29, 0.717) is 29.8 Å². The number of hydrogen-bond acceptors (Lipinski definition) is 3. The Morgan fingerprint density at radius 3 is 2.58 bits per heavy atom. The SMILES string of the molecule is CCCC(CCO)CN=C(NCC)NCC(C)Oc1ccccc1Cl.I. The summed E-state index contributed by atoms with van der Waals surface area (Å²) in [5, 5.41) is 16.3. The molecule has 5 nitrogen and oxygen atoms in total. The number of guanidine groups is 1. The first-order chi connectivity index (χ1) is 12.1. The maximum Gasteiger partial charge on any atom is 0.191 e. The number of hydrogen-bond donors (Lipinski definition) is 3. The topological polar surface area (TPSA) is 65.9 Å². The van der Waals surface area contributed by atoms with E-state index in [9.17, 15) is 0 Å². The fourth-order valence-electron chi connectivity index (χ4n) is 2.52. The van der Waals surface area contributed by atoms with Crippen molar-refractivity contribution in [2.45, 2.75) is 46.1 Å². The summed E-state index contributed by atoms with van der Waals surface area (Å²) in [5.41, 5.74) is 0. The van der Waals surface area contributed by atoms with E-state index < -0.39 is 0 Å². The van der Waals surface area contributed by atoms with Crippen LogP contribution < -0.4 is 15.4 Å². The van der Waals surface area contributed by atoms with Gasteiger partial charge in [0.2, 0.25) is 0 Å². The summed E-state index contributed by atoms with van der Waals surface area (Å²) in [7, 11) is 0. The van der Waals surface area contributed by atoms with E-state index in [2.05, 4.69) is 22.5 Å². The highest BCUT2D eigenvalue weighted by Crippen LogP contribution is 2.23. The van der Waals surface area contributed by atoms with Crippen LogP contribution in [0.2, 0.25) is 5.02 Å². The minimum atomic E-state index is -0.0485. The van der Waals surface area contributed by atoms with Gasteiger partial charge in [-0.25, -0.2) is 0 Å². The lowest BCUT2D eigenvalue weighted by atomic mass is 10.0. The van der Waals surface area contributed by atoms with E-state index in [1.807, 2.05) is 38.1 Å². The normalized spacial score (nSPS) is 13.5. The average molecular weight is 498 g/mol. The third-order valence-corrected chi connectivity index (χ3v) is 4.12. The maximum absolute atomic E-state index is 9.16. The molecule has 0 amide bonds. The van der Waals surface area contributed by atoms with Crippen molar-refractivity contribution >= 4 is 41.5 Å². The summed E-state index contributed by atoms with van der Waals surface area (Å²) in [6, 6.07) is 7.47. The van der Waals surface area contributed by atoms with E-state index in [-0.39, 0.29) is 36.7 Å². The number of aliphatic hydroxyl groups is 1. The van der Waals surface area contributed by atoms with Crippen LogP contribution >= 0.6 is 35.6 Å². The van der Waals surface area contributed by atoms with Crippen molar-refractivity contribution in [3.63, 3.8) is 0 Å². The number of nitrogens with zero attached hydrogens (tertiary/aromatic N) is 1. The molecule has 0 bridgehead atoms. The van der Waals surface area contributed by atoms with E-state index in [1.54, 1.807) is 0 Å². The number of benzene rings is 1. The zero-order valence-electron chi connectivity index (χ0n) is 16.0. The third kappa shape index (κ3) is 10.4. The van der Waals surface area contributed by atoms with Crippen LogP contribution in [0.25, 0.3) is 0 Å². The first-order valence-electron chi connectivity index (χ1n) is 9.14. The first kappa shape index (κ1) is 25.3. The number of para-hydroxylation sites is 1. The molecule has 0 aliphatic heterocycles. The number of aliphatic hydroxyl groups excluding tert-OH is 1. The third-order valence-electron chi connectivity index (χ3n) is 3.81. The van der Waals surface area contributed by atoms with Crippen LogP contribution in [0.3, 0.4) is 0 Å². The zero-order valence-corrected chi connectivity index (χ0v) is 19.1. The number of halogens is 2. The second-order valence-electron chi connectivity index (χ2n) is 6.13. The van der Waals surface area contributed by atoms with Gasteiger partial charge < -0.3 is 20.5 Å². The average Bonchev–Trinajstić information content (AvgIpc) is 2.59. The van der Waals surface area contributed by atoms with Gasteiger partial charge in [0.15, 0.2) is 5.96 Å². The fraction of sp³-hybridized carbons (Fsp3) is 0.632. The van der Waals surface area contributed by atoms with E-state index in [1.165, 1.54) is 0 Å². The largest absolute Gasteiger partial charge is 0.487 e. The van der Waals surface area contributed by atoms with Crippen molar-refractivity contribution in [3.05, 3.63) is 29.3 Å². The molecule has 7 heteroatoms. The Hall–Kier alpha value is -0.730. The molecule has 0 radical (unpaired) electrons. The zero-order chi connectivity index (χ0) is 18.5. The molecule has 0 saturated carbocycles. The highest BCUT2D eigenvalue weighted by molar-refractivity contribution is 14.0.